The SMILES string of the molecule is CC=CC=CC(=O)NC(C)(CC)C(=O)O. The summed E-state index contributed by atoms with van der Waals surface area (Å²) in [5.74, 6) is -1.43. The van der Waals surface area contributed by atoms with Crippen LogP contribution in [-0.4, -0.2) is 22.5 Å². The predicted molar refractivity (Wildman–Crippen MR) is 58.4 cm³/mol. The van der Waals surface area contributed by atoms with E-state index in [4.69, 9.17) is 5.11 Å². The number of hydrogen-bond acceptors (Lipinski definition) is 2. The summed E-state index contributed by atoms with van der Waals surface area (Å²) in [7, 11) is 0. The Bertz CT molecular complexity index is 294. The molecule has 0 rings (SSSR count). The summed E-state index contributed by atoms with van der Waals surface area (Å²) in [5, 5.41) is 11.3. The molecule has 0 spiro atoms. The van der Waals surface area contributed by atoms with Crippen LogP contribution in [0.4, 0.5) is 0 Å². The maximum atomic E-state index is 11.3. The van der Waals surface area contributed by atoms with Crippen LogP contribution in [0.2, 0.25) is 0 Å². The predicted octanol–water partition coefficient (Wildman–Crippen LogP) is 1.49. The van der Waals surface area contributed by atoms with Gasteiger partial charge in [-0.2, -0.15) is 0 Å². The summed E-state index contributed by atoms with van der Waals surface area (Å²) >= 11 is 0. The van der Waals surface area contributed by atoms with E-state index in [9.17, 15) is 9.59 Å². The molecule has 0 aliphatic rings. The largest absolute Gasteiger partial charge is 0.480 e. The summed E-state index contributed by atoms with van der Waals surface area (Å²) in [5.41, 5.74) is -1.20. The molecule has 84 valence electrons. The van der Waals surface area contributed by atoms with Crippen molar-refractivity contribution in [2.75, 3.05) is 0 Å². The minimum absolute atomic E-state index is 0.339. The Labute approximate surface area is 89.7 Å². The first-order chi connectivity index (χ1) is 6.96. The third-order valence-electron chi connectivity index (χ3n) is 2.13. The molecule has 0 radical (unpaired) electrons. The topological polar surface area (TPSA) is 66.4 Å². The molecule has 15 heavy (non-hydrogen) atoms. The van der Waals surface area contributed by atoms with Crippen molar-refractivity contribution in [1.82, 2.24) is 5.32 Å². The maximum absolute atomic E-state index is 11.3. The van der Waals surface area contributed by atoms with Gasteiger partial charge in [0.05, 0.1) is 0 Å². The van der Waals surface area contributed by atoms with Crippen molar-refractivity contribution in [3.63, 3.8) is 0 Å². The van der Waals surface area contributed by atoms with E-state index in [2.05, 4.69) is 5.32 Å². The standard InChI is InChI=1S/C11H17NO3/c1-4-6-7-8-9(13)12-11(3,5-2)10(14)15/h4,6-8H,5H2,1-3H3,(H,12,13)(H,14,15). The molecule has 4 heteroatoms. The molecule has 1 atom stereocenters. The Hall–Kier alpha value is -1.58. The monoisotopic (exact) mass is 211 g/mol. The lowest BCUT2D eigenvalue weighted by molar-refractivity contribution is -0.146. The van der Waals surface area contributed by atoms with Crippen LogP contribution in [0.3, 0.4) is 0 Å². The fourth-order valence-corrected chi connectivity index (χ4v) is 0.861. The Morgan fingerprint density at radius 1 is 1.40 bits per heavy atom. The highest BCUT2D eigenvalue weighted by atomic mass is 16.4. The quantitative estimate of drug-likeness (QED) is 0.535. The Kier molecular flexibility index (Phi) is 5.37. The summed E-state index contributed by atoms with van der Waals surface area (Å²) in [6, 6.07) is 0. The molecule has 0 saturated carbocycles. The van der Waals surface area contributed by atoms with Gasteiger partial charge in [0.25, 0.3) is 0 Å². The molecule has 0 bridgehead atoms. The summed E-state index contributed by atoms with van der Waals surface area (Å²) < 4.78 is 0. The van der Waals surface area contributed by atoms with Gasteiger partial charge in [-0.15, -0.1) is 0 Å². The molecule has 0 saturated heterocycles. The van der Waals surface area contributed by atoms with Crippen LogP contribution in [0, 0.1) is 0 Å². The van der Waals surface area contributed by atoms with E-state index in [1.54, 1.807) is 25.2 Å². The maximum Gasteiger partial charge on any atom is 0.329 e. The van der Waals surface area contributed by atoms with Crippen molar-refractivity contribution in [3.8, 4) is 0 Å². The lowest BCUT2D eigenvalue weighted by atomic mass is 9.99. The number of amides is 1. The number of carbonyl (C=O) groups is 2. The number of nitrogens with one attached hydrogen (secondary N) is 1. The molecule has 0 aromatic rings. The second-order valence-corrected chi connectivity index (χ2v) is 3.36. The first-order valence-corrected chi connectivity index (χ1v) is 4.81. The van der Waals surface area contributed by atoms with Gasteiger partial charge in [-0.1, -0.05) is 25.2 Å². The molecular formula is C11H17NO3. The molecule has 0 fully saturated rings. The molecule has 1 amide bonds. The number of carboxylic acids is 1. The molecule has 4 nitrogen and oxygen atoms in total. The van der Waals surface area contributed by atoms with Gasteiger partial charge < -0.3 is 10.4 Å². The van der Waals surface area contributed by atoms with Gasteiger partial charge in [0, 0.05) is 6.08 Å². The zero-order valence-electron chi connectivity index (χ0n) is 9.28. The van der Waals surface area contributed by atoms with Crippen LogP contribution in [0.1, 0.15) is 27.2 Å². The molecule has 0 heterocycles. The molecule has 0 aliphatic heterocycles. The molecule has 1 unspecified atom stereocenters. The first-order valence-electron chi connectivity index (χ1n) is 4.81. The number of aliphatic carboxylic acids is 1. The second-order valence-electron chi connectivity index (χ2n) is 3.36. The van der Waals surface area contributed by atoms with E-state index < -0.39 is 17.4 Å². The normalized spacial score (nSPS) is 15.4. The van der Waals surface area contributed by atoms with Crippen LogP contribution >= 0.6 is 0 Å². The van der Waals surface area contributed by atoms with E-state index >= 15 is 0 Å². The smallest absolute Gasteiger partial charge is 0.329 e. The van der Waals surface area contributed by atoms with E-state index in [0.29, 0.717) is 6.42 Å². The Morgan fingerprint density at radius 3 is 2.40 bits per heavy atom. The Balaban J connectivity index is 4.44. The first kappa shape index (κ1) is 13.4. The Morgan fingerprint density at radius 2 is 2.00 bits per heavy atom. The number of rotatable bonds is 5. The number of carbonyl (C=O) groups excluding carboxylic acids is 1. The number of hydrogen-bond donors (Lipinski definition) is 2. The van der Waals surface area contributed by atoms with Crippen LogP contribution in [0.5, 0.6) is 0 Å². The van der Waals surface area contributed by atoms with E-state index in [1.807, 2.05) is 6.92 Å². The van der Waals surface area contributed by atoms with E-state index in [-0.39, 0.29) is 0 Å². The van der Waals surface area contributed by atoms with Crippen LogP contribution in [0.25, 0.3) is 0 Å². The number of allylic oxidation sites excluding steroid dienone is 3. The minimum atomic E-state index is -1.20. The summed E-state index contributed by atoms with van der Waals surface area (Å²) in [6.45, 7) is 5.02. The lowest BCUT2D eigenvalue weighted by Gasteiger charge is -2.23. The van der Waals surface area contributed by atoms with Crippen molar-refractivity contribution in [2.24, 2.45) is 0 Å². The average molecular weight is 211 g/mol. The van der Waals surface area contributed by atoms with Gasteiger partial charge in [0.15, 0.2) is 0 Å². The zero-order chi connectivity index (χ0) is 11.9. The third-order valence-corrected chi connectivity index (χ3v) is 2.13. The van der Waals surface area contributed by atoms with Crippen molar-refractivity contribution >= 4 is 11.9 Å². The lowest BCUT2D eigenvalue weighted by Crippen LogP contribution is -2.51. The van der Waals surface area contributed by atoms with Gasteiger partial charge >= 0.3 is 5.97 Å². The van der Waals surface area contributed by atoms with Gasteiger partial charge in [-0.25, -0.2) is 4.79 Å². The molecule has 0 aromatic heterocycles. The highest BCUT2D eigenvalue weighted by molar-refractivity contribution is 5.92. The van der Waals surface area contributed by atoms with E-state index in [1.165, 1.54) is 13.0 Å². The zero-order valence-corrected chi connectivity index (χ0v) is 9.28. The molecule has 2 N–H and O–H groups in total. The summed E-state index contributed by atoms with van der Waals surface area (Å²) in [4.78, 5) is 22.2. The summed E-state index contributed by atoms with van der Waals surface area (Å²) in [6.07, 6.45) is 6.68. The molecule has 0 aliphatic carbocycles. The highest BCUT2D eigenvalue weighted by Gasteiger charge is 2.31. The van der Waals surface area contributed by atoms with Crippen molar-refractivity contribution in [1.29, 1.82) is 0 Å². The number of carboxylic acid groups (broad SMARTS) is 1. The average Bonchev–Trinajstić information content (AvgIpc) is 2.17. The fraction of sp³-hybridized carbons (Fsp3) is 0.455. The van der Waals surface area contributed by atoms with Crippen LogP contribution in [0.15, 0.2) is 24.3 Å². The van der Waals surface area contributed by atoms with Crippen molar-refractivity contribution in [2.45, 2.75) is 32.7 Å². The van der Waals surface area contributed by atoms with Gasteiger partial charge in [-0.05, 0) is 20.3 Å². The van der Waals surface area contributed by atoms with E-state index in [0.717, 1.165) is 0 Å². The van der Waals surface area contributed by atoms with Crippen molar-refractivity contribution < 1.29 is 14.7 Å². The van der Waals surface area contributed by atoms with Gasteiger partial charge in [0.2, 0.25) is 5.91 Å². The fourth-order valence-electron chi connectivity index (χ4n) is 0.861. The van der Waals surface area contributed by atoms with Crippen molar-refractivity contribution in [3.05, 3.63) is 24.3 Å². The third kappa shape index (κ3) is 4.44. The molecular weight excluding hydrogens is 194 g/mol. The van der Waals surface area contributed by atoms with Crippen LogP contribution < -0.4 is 5.32 Å². The highest BCUT2D eigenvalue weighted by Crippen LogP contribution is 2.08. The minimum Gasteiger partial charge on any atom is -0.480 e. The van der Waals surface area contributed by atoms with Gasteiger partial charge in [0.1, 0.15) is 5.54 Å². The molecule has 0 aromatic carbocycles. The second kappa shape index (κ2) is 6.01. The van der Waals surface area contributed by atoms with Gasteiger partial charge in [-0.3, -0.25) is 4.79 Å². The van der Waals surface area contributed by atoms with Crippen LogP contribution in [-0.2, 0) is 9.59 Å².